The number of carbonyl (C=O) groups excluding carboxylic acids is 1. The van der Waals surface area contributed by atoms with Crippen LogP contribution in [0.3, 0.4) is 0 Å². The molecular weight excluding hydrogens is 426 g/mol. The molecule has 2 aromatic rings. The monoisotopic (exact) mass is 473 g/mol. The SMILES string of the molecule is CCCCC/C=C\C/C=C/CCCCCCCC(=O)N[C@H](Cc1ccc(C)cc1)c1ccccc1. The number of hydrogen-bond acceptors (Lipinski definition) is 1. The molecule has 190 valence electrons. The molecule has 0 aliphatic rings. The van der Waals surface area contributed by atoms with Gasteiger partial charge in [0.2, 0.25) is 5.91 Å². The average molecular weight is 474 g/mol. The van der Waals surface area contributed by atoms with Crippen molar-refractivity contribution in [2.24, 2.45) is 0 Å². The van der Waals surface area contributed by atoms with Crippen LogP contribution in [0.25, 0.3) is 0 Å². The summed E-state index contributed by atoms with van der Waals surface area (Å²) >= 11 is 0. The molecule has 0 aliphatic carbocycles. The van der Waals surface area contributed by atoms with Gasteiger partial charge in [0.15, 0.2) is 0 Å². The van der Waals surface area contributed by atoms with E-state index in [0.717, 1.165) is 25.7 Å². The van der Waals surface area contributed by atoms with Gasteiger partial charge in [0.05, 0.1) is 6.04 Å². The zero-order valence-electron chi connectivity index (χ0n) is 22.2. The van der Waals surface area contributed by atoms with Gasteiger partial charge in [0.1, 0.15) is 0 Å². The number of allylic oxidation sites excluding steroid dienone is 4. The van der Waals surface area contributed by atoms with Crippen LogP contribution in [0, 0.1) is 6.92 Å². The van der Waals surface area contributed by atoms with Gasteiger partial charge in [-0.15, -0.1) is 0 Å². The van der Waals surface area contributed by atoms with Crippen LogP contribution in [0.4, 0.5) is 0 Å². The highest BCUT2D eigenvalue weighted by molar-refractivity contribution is 5.76. The van der Waals surface area contributed by atoms with Crippen LogP contribution in [0.1, 0.15) is 107 Å². The normalized spacial score (nSPS) is 12.4. The Morgan fingerprint density at radius 1 is 0.771 bits per heavy atom. The highest BCUT2D eigenvalue weighted by atomic mass is 16.1. The van der Waals surface area contributed by atoms with Crippen LogP contribution in [0.2, 0.25) is 0 Å². The van der Waals surface area contributed by atoms with Crippen molar-refractivity contribution in [3.8, 4) is 0 Å². The number of aryl methyl sites for hydroxylation is 1. The van der Waals surface area contributed by atoms with Crippen LogP contribution < -0.4 is 5.32 Å². The molecule has 35 heavy (non-hydrogen) atoms. The molecule has 2 aromatic carbocycles. The van der Waals surface area contributed by atoms with E-state index in [1.165, 1.54) is 68.1 Å². The molecule has 0 radical (unpaired) electrons. The highest BCUT2D eigenvalue weighted by Crippen LogP contribution is 2.19. The predicted molar refractivity (Wildman–Crippen MR) is 152 cm³/mol. The number of nitrogens with one attached hydrogen (secondary N) is 1. The average Bonchev–Trinajstić information content (AvgIpc) is 2.88. The zero-order chi connectivity index (χ0) is 25.0. The minimum atomic E-state index is 0.0179. The first-order chi connectivity index (χ1) is 17.2. The molecule has 0 saturated carbocycles. The molecule has 0 fully saturated rings. The third-order valence-corrected chi connectivity index (χ3v) is 6.45. The summed E-state index contributed by atoms with van der Waals surface area (Å²) in [7, 11) is 0. The fourth-order valence-corrected chi connectivity index (χ4v) is 4.26. The first kappa shape index (κ1) is 28.6. The third kappa shape index (κ3) is 13.8. The molecule has 0 saturated heterocycles. The fourth-order valence-electron chi connectivity index (χ4n) is 4.26. The fraction of sp³-hybridized carbons (Fsp3) is 0.485. The Balaban J connectivity index is 1.59. The molecular formula is C33H47NO. The Bertz CT molecular complexity index is 850. The van der Waals surface area contributed by atoms with Crippen LogP contribution in [0.5, 0.6) is 0 Å². The summed E-state index contributed by atoms with van der Waals surface area (Å²) in [6, 6.07) is 19.0. The molecule has 1 amide bonds. The van der Waals surface area contributed by atoms with Gasteiger partial charge in [0.25, 0.3) is 0 Å². The molecule has 2 heteroatoms. The van der Waals surface area contributed by atoms with Gasteiger partial charge >= 0.3 is 0 Å². The maximum Gasteiger partial charge on any atom is 0.220 e. The van der Waals surface area contributed by atoms with Crippen molar-refractivity contribution >= 4 is 5.91 Å². The van der Waals surface area contributed by atoms with Gasteiger partial charge in [0, 0.05) is 6.42 Å². The van der Waals surface area contributed by atoms with E-state index in [4.69, 9.17) is 0 Å². The summed E-state index contributed by atoms with van der Waals surface area (Å²) in [6.45, 7) is 4.35. The number of amides is 1. The quantitative estimate of drug-likeness (QED) is 0.170. The van der Waals surface area contributed by atoms with E-state index >= 15 is 0 Å². The Hall–Kier alpha value is -2.61. The molecule has 0 aliphatic heterocycles. The third-order valence-electron chi connectivity index (χ3n) is 6.45. The molecule has 0 bridgehead atoms. The number of hydrogen-bond donors (Lipinski definition) is 1. The Morgan fingerprint density at radius 3 is 2.09 bits per heavy atom. The number of rotatable bonds is 18. The molecule has 0 unspecified atom stereocenters. The minimum Gasteiger partial charge on any atom is -0.349 e. The van der Waals surface area contributed by atoms with Crippen molar-refractivity contribution in [3.05, 3.63) is 95.6 Å². The maximum atomic E-state index is 12.7. The molecule has 0 spiro atoms. The van der Waals surface area contributed by atoms with Crippen molar-refractivity contribution in [1.29, 1.82) is 0 Å². The van der Waals surface area contributed by atoms with Crippen molar-refractivity contribution in [3.63, 3.8) is 0 Å². The lowest BCUT2D eigenvalue weighted by molar-refractivity contribution is -0.122. The van der Waals surface area contributed by atoms with Gasteiger partial charge in [-0.1, -0.05) is 123 Å². The second kappa shape index (κ2) is 18.7. The van der Waals surface area contributed by atoms with Crippen LogP contribution >= 0.6 is 0 Å². The van der Waals surface area contributed by atoms with Crippen LogP contribution in [-0.4, -0.2) is 5.91 Å². The standard InChI is InChI=1S/C33H47NO/c1-3-4-5-6-7-8-9-10-11-12-13-14-15-16-20-23-33(35)34-32(31-21-18-17-19-22-31)28-30-26-24-29(2)25-27-30/h7-8,10-11,17-19,21-22,24-27,32H,3-6,9,12-16,20,23,28H2,1-2H3,(H,34,35)/b8-7-,11-10+/t32-/m1/s1. The lowest BCUT2D eigenvalue weighted by Crippen LogP contribution is -2.29. The summed E-state index contributed by atoms with van der Waals surface area (Å²) in [4.78, 5) is 12.7. The summed E-state index contributed by atoms with van der Waals surface area (Å²) in [5.41, 5.74) is 3.68. The lowest BCUT2D eigenvalue weighted by Gasteiger charge is -2.20. The first-order valence-electron chi connectivity index (χ1n) is 13.9. The number of carbonyl (C=O) groups is 1. The molecule has 0 heterocycles. The predicted octanol–water partition coefficient (Wildman–Crippen LogP) is 9.21. The Labute approximate surface area is 214 Å². The lowest BCUT2D eigenvalue weighted by atomic mass is 9.98. The Morgan fingerprint density at radius 2 is 1.40 bits per heavy atom. The van der Waals surface area contributed by atoms with E-state index in [2.05, 4.69) is 79.9 Å². The smallest absolute Gasteiger partial charge is 0.220 e. The van der Waals surface area contributed by atoms with Gasteiger partial charge in [-0.05, 0) is 63.0 Å². The second-order valence-corrected chi connectivity index (χ2v) is 9.70. The largest absolute Gasteiger partial charge is 0.349 e. The molecule has 2 rings (SSSR count). The van der Waals surface area contributed by atoms with E-state index in [-0.39, 0.29) is 11.9 Å². The summed E-state index contributed by atoms with van der Waals surface area (Å²) in [5, 5.41) is 3.29. The van der Waals surface area contributed by atoms with E-state index in [0.29, 0.717) is 6.42 Å². The summed E-state index contributed by atoms with van der Waals surface area (Å²) < 4.78 is 0. The zero-order valence-corrected chi connectivity index (χ0v) is 22.2. The van der Waals surface area contributed by atoms with Gasteiger partial charge in [-0.25, -0.2) is 0 Å². The summed E-state index contributed by atoms with van der Waals surface area (Å²) in [6.07, 6.45) is 23.9. The molecule has 1 N–H and O–H groups in total. The van der Waals surface area contributed by atoms with Crippen LogP contribution in [-0.2, 0) is 11.2 Å². The number of unbranched alkanes of at least 4 members (excludes halogenated alkanes) is 8. The Kier molecular flexibility index (Phi) is 15.3. The van der Waals surface area contributed by atoms with Crippen LogP contribution in [0.15, 0.2) is 78.9 Å². The highest BCUT2D eigenvalue weighted by Gasteiger charge is 2.15. The van der Waals surface area contributed by atoms with E-state index in [1.807, 2.05) is 18.2 Å². The van der Waals surface area contributed by atoms with Crippen molar-refractivity contribution in [2.75, 3.05) is 0 Å². The first-order valence-corrected chi connectivity index (χ1v) is 13.9. The second-order valence-electron chi connectivity index (χ2n) is 9.70. The van der Waals surface area contributed by atoms with E-state index in [1.54, 1.807) is 0 Å². The summed E-state index contributed by atoms with van der Waals surface area (Å²) in [5.74, 6) is 0.164. The topological polar surface area (TPSA) is 29.1 Å². The molecule has 2 nitrogen and oxygen atoms in total. The van der Waals surface area contributed by atoms with Crippen molar-refractivity contribution in [1.82, 2.24) is 5.32 Å². The van der Waals surface area contributed by atoms with Gasteiger partial charge < -0.3 is 5.32 Å². The van der Waals surface area contributed by atoms with E-state index in [9.17, 15) is 4.79 Å². The maximum absolute atomic E-state index is 12.7. The van der Waals surface area contributed by atoms with Gasteiger partial charge in [-0.2, -0.15) is 0 Å². The molecule has 1 atom stereocenters. The van der Waals surface area contributed by atoms with Crippen molar-refractivity contribution < 1.29 is 4.79 Å². The minimum absolute atomic E-state index is 0.0179. The molecule has 0 aromatic heterocycles. The number of benzene rings is 2. The van der Waals surface area contributed by atoms with Crippen molar-refractivity contribution in [2.45, 2.75) is 103 Å². The van der Waals surface area contributed by atoms with Gasteiger partial charge in [-0.3, -0.25) is 4.79 Å². The van der Waals surface area contributed by atoms with E-state index < -0.39 is 0 Å².